The molecule has 0 saturated carbocycles. The molecule has 23 heavy (non-hydrogen) atoms. The van der Waals surface area contributed by atoms with Gasteiger partial charge in [-0.1, -0.05) is 11.8 Å². The van der Waals surface area contributed by atoms with Crippen LogP contribution in [0.5, 0.6) is 5.75 Å². The third-order valence-corrected chi connectivity index (χ3v) is 3.91. The molecule has 0 aliphatic rings. The minimum atomic E-state index is -4.58. The van der Waals surface area contributed by atoms with E-state index >= 15 is 0 Å². The highest BCUT2D eigenvalue weighted by Crippen LogP contribution is 2.29. The van der Waals surface area contributed by atoms with Gasteiger partial charge >= 0.3 is 6.18 Å². The molecular formula is C13H13F4N3O2S. The molecule has 126 valence electrons. The predicted molar refractivity (Wildman–Crippen MR) is 74.6 cm³/mol. The van der Waals surface area contributed by atoms with Crippen molar-refractivity contribution in [1.29, 1.82) is 0 Å². The van der Waals surface area contributed by atoms with Crippen LogP contribution in [-0.4, -0.2) is 38.3 Å². The van der Waals surface area contributed by atoms with Crippen LogP contribution in [0.15, 0.2) is 29.4 Å². The maximum atomic E-state index is 12.7. The Balaban J connectivity index is 1.84. The molecule has 0 amide bonds. The number of nitrogens with zero attached hydrogens (tertiary/aromatic N) is 3. The molecule has 1 atom stereocenters. The van der Waals surface area contributed by atoms with E-state index in [1.807, 2.05) is 0 Å². The summed E-state index contributed by atoms with van der Waals surface area (Å²) >= 11 is 0.929. The van der Waals surface area contributed by atoms with Crippen LogP contribution < -0.4 is 4.74 Å². The lowest BCUT2D eigenvalue weighted by Gasteiger charge is -2.12. The molecule has 1 unspecified atom stereocenters. The summed E-state index contributed by atoms with van der Waals surface area (Å²) in [4.78, 5) is 0. The number of aromatic nitrogens is 3. The molecule has 10 heteroatoms. The highest BCUT2D eigenvalue weighted by Gasteiger charge is 2.37. The number of aliphatic hydroxyl groups excluding tert-OH is 1. The van der Waals surface area contributed by atoms with E-state index in [0.29, 0.717) is 5.75 Å². The average Bonchev–Trinajstić information content (AvgIpc) is 2.85. The Kier molecular flexibility index (Phi) is 5.47. The van der Waals surface area contributed by atoms with Crippen LogP contribution in [-0.2, 0) is 13.2 Å². The van der Waals surface area contributed by atoms with Gasteiger partial charge < -0.3 is 14.4 Å². The second kappa shape index (κ2) is 7.18. The fraction of sp³-hybridized carbons (Fsp3) is 0.385. The highest BCUT2D eigenvalue weighted by molar-refractivity contribution is 7.99. The Morgan fingerprint density at radius 2 is 1.91 bits per heavy atom. The lowest BCUT2D eigenvalue weighted by Crippen LogP contribution is -2.20. The number of ether oxygens (including phenoxy) is 1. The number of alkyl halides is 3. The molecule has 1 aromatic carbocycles. The summed E-state index contributed by atoms with van der Waals surface area (Å²) in [5.41, 5.74) is 0. The van der Waals surface area contributed by atoms with Crippen LogP contribution in [0.2, 0.25) is 0 Å². The van der Waals surface area contributed by atoms with Gasteiger partial charge in [-0.15, -0.1) is 10.2 Å². The van der Waals surface area contributed by atoms with Gasteiger partial charge in [-0.05, 0) is 24.3 Å². The average molecular weight is 351 g/mol. The van der Waals surface area contributed by atoms with Crippen molar-refractivity contribution in [2.45, 2.75) is 17.4 Å². The van der Waals surface area contributed by atoms with Crippen molar-refractivity contribution in [2.24, 2.45) is 7.05 Å². The van der Waals surface area contributed by atoms with E-state index in [-0.39, 0.29) is 17.5 Å². The van der Waals surface area contributed by atoms with Crippen LogP contribution in [0.25, 0.3) is 0 Å². The van der Waals surface area contributed by atoms with Crippen LogP contribution in [0.3, 0.4) is 0 Å². The van der Waals surface area contributed by atoms with Crippen molar-refractivity contribution in [3.63, 3.8) is 0 Å². The molecule has 0 bridgehead atoms. The quantitative estimate of drug-likeness (QED) is 0.640. The Bertz CT molecular complexity index is 646. The monoisotopic (exact) mass is 351 g/mol. The molecule has 1 aromatic heterocycles. The van der Waals surface area contributed by atoms with Crippen molar-refractivity contribution in [3.05, 3.63) is 35.9 Å². The highest BCUT2D eigenvalue weighted by atomic mass is 32.2. The van der Waals surface area contributed by atoms with Gasteiger partial charge in [0.25, 0.3) is 0 Å². The number of hydrogen-bond acceptors (Lipinski definition) is 5. The van der Waals surface area contributed by atoms with Crippen LogP contribution in [0.4, 0.5) is 17.6 Å². The molecule has 1 N–H and O–H groups in total. The van der Waals surface area contributed by atoms with Gasteiger partial charge in [0.05, 0.1) is 6.10 Å². The van der Waals surface area contributed by atoms with Gasteiger partial charge in [0.15, 0.2) is 5.16 Å². The molecule has 0 aliphatic heterocycles. The minimum absolute atomic E-state index is 0.0400. The van der Waals surface area contributed by atoms with Gasteiger partial charge in [-0.25, -0.2) is 4.39 Å². The molecule has 2 rings (SSSR count). The lowest BCUT2D eigenvalue weighted by molar-refractivity contribution is -0.147. The first-order valence-corrected chi connectivity index (χ1v) is 7.41. The van der Waals surface area contributed by atoms with E-state index in [1.165, 1.54) is 31.3 Å². The summed E-state index contributed by atoms with van der Waals surface area (Å²) in [5, 5.41) is 16.4. The predicted octanol–water partition coefficient (Wildman–Crippen LogP) is 2.51. The van der Waals surface area contributed by atoms with Gasteiger partial charge in [0, 0.05) is 12.8 Å². The zero-order chi connectivity index (χ0) is 17.0. The van der Waals surface area contributed by atoms with E-state index in [4.69, 9.17) is 4.74 Å². The normalized spacial score (nSPS) is 13.1. The Hall–Kier alpha value is -1.81. The lowest BCUT2D eigenvalue weighted by atomic mass is 10.3. The number of thioether (sulfide) groups is 1. The zero-order valence-electron chi connectivity index (χ0n) is 11.9. The van der Waals surface area contributed by atoms with Crippen LogP contribution >= 0.6 is 11.8 Å². The van der Waals surface area contributed by atoms with E-state index in [2.05, 4.69) is 10.2 Å². The molecule has 2 aromatic rings. The maximum Gasteiger partial charge on any atom is 0.451 e. The summed E-state index contributed by atoms with van der Waals surface area (Å²) in [6.45, 7) is -0.0807. The van der Waals surface area contributed by atoms with Gasteiger partial charge in [-0.3, -0.25) is 0 Å². The fourth-order valence-corrected chi connectivity index (χ4v) is 2.45. The second-order valence-electron chi connectivity index (χ2n) is 4.59. The van der Waals surface area contributed by atoms with Crippen LogP contribution in [0, 0.1) is 5.82 Å². The summed E-state index contributed by atoms with van der Waals surface area (Å²) in [7, 11) is 1.20. The first-order valence-electron chi connectivity index (χ1n) is 6.43. The van der Waals surface area contributed by atoms with Crippen molar-refractivity contribution in [3.8, 4) is 5.75 Å². The topological polar surface area (TPSA) is 60.2 Å². The largest absolute Gasteiger partial charge is 0.491 e. The molecule has 5 nitrogen and oxygen atoms in total. The van der Waals surface area contributed by atoms with E-state index < -0.39 is 23.9 Å². The third-order valence-electron chi connectivity index (χ3n) is 2.75. The first kappa shape index (κ1) is 17.5. The Morgan fingerprint density at radius 1 is 1.26 bits per heavy atom. The van der Waals surface area contributed by atoms with Gasteiger partial charge in [0.2, 0.25) is 5.82 Å². The number of aliphatic hydroxyl groups is 1. The summed E-state index contributed by atoms with van der Waals surface area (Å²) in [5.74, 6) is -1.05. The molecule has 0 spiro atoms. The van der Waals surface area contributed by atoms with Crippen molar-refractivity contribution in [2.75, 3.05) is 12.4 Å². The Labute approximate surface area is 133 Å². The van der Waals surface area contributed by atoms with Gasteiger partial charge in [-0.2, -0.15) is 13.2 Å². The van der Waals surface area contributed by atoms with E-state index in [0.717, 1.165) is 16.3 Å². The van der Waals surface area contributed by atoms with E-state index in [1.54, 1.807) is 0 Å². The third kappa shape index (κ3) is 4.83. The first-order chi connectivity index (χ1) is 10.8. The van der Waals surface area contributed by atoms with Crippen LogP contribution in [0.1, 0.15) is 5.82 Å². The molecule has 0 aliphatic carbocycles. The molecule has 1 heterocycles. The standard InChI is InChI=1S/C13H13F4N3O2S/c1-20-11(13(15,16)17)18-19-12(20)23-7-9(21)6-22-10-4-2-8(14)3-5-10/h2-5,9,21H,6-7H2,1H3. The van der Waals surface area contributed by atoms with Crippen molar-refractivity contribution >= 4 is 11.8 Å². The second-order valence-corrected chi connectivity index (χ2v) is 5.58. The zero-order valence-corrected chi connectivity index (χ0v) is 12.7. The molecule has 0 radical (unpaired) electrons. The number of rotatable bonds is 6. The maximum absolute atomic E-state index is 12.7. The van der Waals surface area contributed by atoms with Crippen molar-refractivity contribution < 1.29 is 27.4 Å². The van der Waals surface area contributed by atoms with Crippen molar-refractivity contribution in [1.82, 2.24) is 14.8 Å². The summed E-state index contributed by atoms with van der Waals surface area (Å²) in [6, 6.07) is 5.25. The summed E-state index contributed by atoms with van der Waals surface area (Å²) in [6.07, 6.45) is -5.51. The minimum Gasteiger partial charge on any atom is -0.491 e. The molecule has 0 fully saturated rings. The number of halogens is 4. The SMILES string of the molecule is Cn1c(SCC(O)COc2ccc(F)cc2)nnc1C(F)(F)F. The van der Waals surface area contributed by atoms with Gasteiger partial charge in [0.1, 0.15) is 18.2 Å². The Morgan fingerprint density at radius 3 is 2.48 bits per heavy atom. The smallest absolute Gasteiger partial charge is 0.451 e. The van der Waals surface area contributed by atoms with E-state index in [9.17, 15) is 22.7 Å². The molecule has 0 saturated heterocycles. The molecular weight excluding hydrogens is 338 g/mol. The number of benzene rings is 1. The summed E-state index contributed by atoms with van der Waals surface area (Å²) < 4.78 is 56.5. The number of hydrogen-bond donors (Lipinski definition) is 1. The fourth-order valence-electron chi connectivity index (χ4n) is 1.63.